The van der Waals surface area contributed by atoms with Gasteiger partial charge in [-0.05, 0) is 38.5 Å². The summed E-state index contributed by atoms with van der Waals surface area (Å²) in [5.74, 6) is 0.821. The maximum atomic E-state index is 8.75. The summed E-state index contributed by atoms with van der Waals surface area (Å²) in [5.41, 5.74) is 2.60. The molecule has 0 radical (unpaired) electrons. The van der Waals surface area contributed by atoms with Gasteiger partial charge < -0.3 is 5.32 Å². The Morgan fingerprint density at radius 1 is 1.22 bits per heavy atom. The first kappa shape index (κ1) is 12.2. The van der Waals surface area contributed by atoms with E-state index in [0.717, 1.165) is 17.1 Å². The zero-order valence-corrected chi connectivity index (χ0v) is 10.8. The van der Waals surface area contributed by atoms with E-state index in [9.17, 15) is 0 Å². The summed E-state index contributed by atoms with van der Waals surface area (Å²) in [7, 11) is 0. The molecule has 0 unspecified atom stereocenters. The molecule has 0 saturated heterocycles. The molecule has 0 atom stereocenters. The third kappa shape index (κ3) is 2.89. The molecule has 0 aliphatic heterocycles. The van der Waals surface area contributed by atoms with Crippen LogP contribution in [-0.4, -0.2) is 15.7 Å². The minimum atomic E-state index is -0.0167. The van der Waals surface area contributed by atoms with Gasteiger partial charge in [0.15, 0.2) is 0 Å². The summed E-state index contributed by atoms with van der Waals surface area (Å²) in [6.45, 7) is 6.26. The maximum absolute atomic E-state index is 8.75. The number of rotatable bonds is 2. The van der Waals surface area contributed by atoms with Crippen molar-refractivity contribution in [3.8, 4) is 17.3 Å². The largest absolute Gasteiger partial charge is 0.364 e. The lowest BCUT2D eigenvalue weighted by atomic mass is 10.1. The fourth-order valence-electron chi connectivity index (χ4n) is 1.64. The molecule has 0 saturated carbocycles. The summed E-state index contributed by atoms with van der Waals surface area (Å²) < 4.78 is 0. The Labute approximate surface area is 107 Å². The lowest BCUT2D eigenvalue weighted by molar-refractivity contribution is 0.630. The van der Waals surface area contributed by atoms with E-state index in [2.05, 4.69) is 42.4 Å². The Morgan fingerprint density at radius 2 is 1.89 bits per heavy atom. The van der Waals surface area contributed by atoms with Crippen molar-refractivity contribution in [3.05, 3.63) is 35.9 Å². The molecule has 0 spiro atoms. The van der Waals surface area contributed by atoms with Gasteiger partial charge in [0.05, 0.1) is 17.3 Å². The number of benzene rings is 1. The number of hydrogen-bond acceptors (Lipinski definition) is 3. The van der Waals surface area contributed by atoms with Crippen molar-refractivity contribution in [1.29, 1.82) is 5.26 Å². The van der Waals surface area contributed by atoms with Crippen LogP contribution >= 0.6 is 0 Å². The van der Waals surface area contributed by atoms with Crippen molar-refractivity contribution in [2.24, 2.45) is 0 Å². The molecule has 4 nitrogen and oxygen atoms in total. The highest BCUT2D eigenvalue weighted by Crippen LogP contribution is 2.21. The molecule has 2 rings (SSSR count). The van der Waals surface area contributed by atoms with Crippen molar-refractivity contribution in [1.82, 2.24) is 10.2 Å². The Kier molecular flexibility index (Phi) is 3.07. The first-order chi connectivity index (χ1) is 8.48. The maximum Gasteiger partial charge on any atom is 0.148 e. The van der Waals surface area contributed by atoms with Crippen LogP contribution in [0.15, 0.2) is 30.3 Å². The van der Waals surface area contributed by atoms with Gasteiger partial charge in [-0.1, -0.05) is 12.1 Å². The van der Waals surface area contributed by atoms with E-state index < -0.39 is 0 Å². The number of H-pyrrole nitrogens is 1. The standard InChI is InChI=1S/C14H16N4/c1-14(2,3)16-13-8-12(17-18-13)11-6-4-10(9-15)5-7-11/h4-8H,1-3H3,(H2,16,17,18). The molecule has 1 aromatic heterocycles. The van der Waals surface area contributed by atoms with Crippen molar-refractivity contribution in [2.45, 2.75) is 26.3 Å². The molecule has 0 amide bonds. The molecule has 0 aliphatic rings. The summed E-state index contributed by atoms with van der Waals surface area (Å²) >= 11 is 0. The molecule has 18 heavy (non-hydrogen) atoms. The molecule has 1 aromatic carbocycles. The fourth-order valence-corrected chi connectivity index (χ4v) is 1.64. The molecule has 0 fully saturated rings. The number of aromatic amines is 1. The van der Waals surface area contributed by atoms with E-state index >= 15 is 0 Å². The fraction of sp³-hybridized carbons (Fsp3) is 0.286. The first-order valence-electron chi connectivity index (χ1n) is 5.82. The molecular formula is C14H16N4. The van der Waals surface area contributed by atoms with Gasteiger partial charge in [-0.3, -0.25) is 5.10 Å². The average Bonchev–Trinajstić information content (AvgIpc) is 2.75. The number of nitrogens with zero attached hydrogens (tertiary/aromatic N) is 2. The van der Waals surface area contributed by atoms with Gasteiger partial charge in [0.1, 0.15) is 5.82 Å². The third-order valence-corrected chi connectivity index (χ3v) is 2.41. The second kappa shape index (κ2) is 4.53. The molecule has 2 aromatic rings. The Balaban J connectivity index is 2.21. The molecule has 0 bridgehead atoms. The zero-order valence-electron chi connectivity index (χ0n) is 10.8. The summed E-state index contributed by atoms with van der Waals surface area (Å²) in [6, 6.07) is 11.5. The van der Waals surface area contributed by atoms with Crippen LogP contribution < -0.4 is 5.32 Å². The second-order valence-corrected chi connectivity index (χ2v) is 5.23. The van der Waals surface area contributed by atoms with Gasteiger partial charge >= 0.3 is 0 Å². The highest BCUT2D eigenvalue weighted by Gasteiger charge is 2.11. The summed E-state index contributed by atoms with van der Waals surface area (Å²) in [6.07, 6.45) is 0. The van der Waals surface area contributed by atoms with Gasteiger partial charge in [0, 0.05) is 11.6 Å². The Morgan fingerprint density at radius 3 is 2.44 bits per heavy atom. The Bertz CT molecular complexity index is 567. The topological polar surface area (TPSA) is 64.5 Å². The third-order valence-electron chi connectivity index (χ3n) is 2.41. The lowest BCUT2D eigenvalue weighted by Crippen LogP contribution is -2.26. The van der Waals surface area contributed by atoms with Crippen LogP contribution in [0.1, 0.15) is 26.3 Å². The Hall–Kier alpha value is -2.28. The number of anilines is 1. The smallest absolute Gasteiger partial charge is 0.148 e. The quantitative estimate of drug-likeness (QED) is 0.847. The van der Waals surface area contributed by atoms with Crippen LogP contribution in [0, 0.1) is 11.3 Å². The molecule has 0 aliphatic carbocycles. The summed E-state index contributed by atoms with van der Waals surface area (Å²) in [4.78, 5) is 0. The monoisotopic (exact) mass is 240 g/mol. The predicted octanol–water partition coefficient (Wildman–Crippen LogP) is 3.16. The van der Waals surface area contributed by atoms with Crippen LogP contribution in [-0.2, 0) is 0 Å². The van der Waals surface area contributed by atoms with Crippen LogP contribution in [0.3, 0.4) is 0 Å². The molecular weight excluding hydrogens is 224 g/mol. The van der Waals surface area contributed by atoms with Gasteiger partial charge in [0.2, 0.25) is 0 Å². The highest BCUT2D eigenvalue weighted by molar-refractivity contribution is 5.63. The van der Waals surface area contributed by atoms with E-state index in [0.29, 0.717) is 5.56 Å². The molecule has 4 heteroatoms. The van der Waals surface area contributed by atoms with Gasteiger partial charge in [-0.25, -0.2) is 0 Å². The van der Waals surface area contributed by atoms with E-state index in [4.69, 9.17) is 5.26 Å². The van der Waals surface area contributed by atoms with E-state index in [1.807, 2.05) is 18.2 Å². The van der Waals surface area contributed by atoms with Crippen LogP contribution in [0.2, 0.25) is 0 Å². The van der Waals surface area contributed by atoms with Crippen molar-refractivity contribution in [3.63, 3.8) is 0 Å². The predicted molar refractivity (Wildman–Crippen MR) is 72.1 cm³/mol. The van der Waals surface area contributed by atoms with Crippen LogP contribution in [0.4, 0.5) is 5.82 Å². The summed E-state index contributed by atoms with van der Waals surface area (Å²) in [5, 5.41) is 19.3. The number of aromatic nitrogens is 2. The van der Waals surface area contributed by atoms with Crippen molar-refractivity contribution in [2.75, 3.05) is 5.32 Å². The van der Waals surface area contributed by atoms with Gasteiger partial charge in [-0.2, -0.15) is 10.4 Å². The normalized spacial score (nSPS) is 11.0. The molecule has 2 N–H and O–H groups in total. The van der Waals surface area contributed by atoms with Gasteiger partial charge in [0.25, 0.3) is 0 Å². The minimum absolute atomic E-state index is 0.0167. The van der Waals surface area contributed by atoms with E-state index in [-0.39, 0.29) is 5.54 Å². The minimum Gasteiger partial charge on any atom is -0.364 e. The number of hydrogen-bond donors (Lipinski definition) is 2. The van der Waals surface area contributed by atoms with E-state index in [1.165, 1.54) is 0 Å². The number of nitriles is 1. The SMILES string of the molecule is CC(C)(C)Nc1cc(-c2ccc(C#N)cc2)[nH]n1. The number of nitrogens with one attached hydrogen (secondary N) is 2. The zero-order chi connectivity index (χ0) is 13.2. The lowest BCUT2D eigenvalue weighted by Gasteiger charge is -2.19. The van der Waals surface area contributed by atoms with Crippen molar-refractivity contribution >= 4 is 5.82 Å². The first-order valence-corrected chi connectivity index (χ1v) is 5.82. The van der Waals surface area contributed by atoms with Crippen LogP contribution in [0.5, 0.6) is 0 Å². The molecule has 92 valence electrons. The van der Waals surface area contributed by atoms with Crippen LogP contribution in [0.25, 0.3) is 11.3 Å². The van der Waals surface area contributed by atoms with Gasteiger partial charge in [-0.15, -0.1) is 0 Å². The van der Waals surface area contributed by atoms with Crippen molar-refractivity contribution < 1.29 is 0 Å². The molecule has 1 heterocycles. The highest BCUT2D eigenvalue weighted by atomic mass is 15.2. The second-order valence-electron chi connectivity index (χ2n) is 5.23. The average molecular weight is 240 g/mol. The van der Waals surface area contributed by atoms with E-state index in [1.54, 1.807) is 12.1 Å².